The third kappa shape index (κ3) is 8.59. The zero-order valence-corrected chi connectivity index (χ0v) is 19.4. The number of nitrogens with zero attached hydrogens (tertiary/aromatic N) is 2. The molecule has 0 aliphatic rings. The Morgan fingerprint density at radius 2 is 1.86 bits per heavy atom. The van der Waals surface area contributed by atoms with Gasteiger partial charge in [-0.05, 0) is 37.7 Å². The van der Waals surface area contributed by atoms with Crippen LogP contribution in [0.5, 0.6) is 0 Å². The Kier molecular flexibility index (Phi) is 13.6. The van der Waals surface area contributed by atoms with Crippen molar-refractivity contribution in [1.29, 1.82) is 0 Å². The first kappa shape index (κ1) is 26.4. The summed E-state index contributed by atoms with van der Waals surface area (Å²) in [6.45, 7) is 8.92. The van der Waals surface area contributed by atoms with Gasteiger partial charge in [0.2, 0.25) is 0 Å². The molecule has 8 nitrogen and oxygen atoms in total. The molecule has 0 aromatic heterocycles. The normalized spacial score (nSPS) is 11.5. The number of nitro benzene ring substituents is 1. The standard InChI is InChI=1S/C19H33N5O3.HI/c1-4-19(5-2,11-14-25)15-23-18(20-6-3)22-13-12-21-16-9-7-8-10-17(16)24(26)27;/h7-10,21,25H,4-6,11-15H2,1-3H3,(H2,20,22,23);1H. The Morgan fingerprint density at radius 3 is 2.43 bits per heavy atom. The van der Waals surface area contributed by atoms with Crippen LogP contribution in [0, 0.1) is 15.5 Å². The lowest BCUT2D eigenvalue weighted by molar-refractivity contribution is -0.384. The highest BCUT2D eigenvalue weighted by Gasteiger charge is 2.25. The Bertz CT molecular complexity index is 609. The molecule has 0 aliphatic heterocycles. The molecule has 9 heteroatoms. The summed E-state index contributed by atoms with van der Waals surface area (Å²) in [7, 11) is 0. The number of aliphatic hydroxyl groups excluding tert-OH is 1. The van der Waals surface area contributed by atoms with E-state index >= 15 is 0 Å². The minimum Gasteiger partial charge on any atom is -0.396 e. The quantitative estimate of drug-likeness (QED) is 0.0863. The number of guanidine groups is 1. The summed E-state index contributed by atoms with van der Waals surface area (Å²) in [4.78, 5) is 15.3. The van der Waals surface area contributed by atoms with Gasteiger partial charge in [0.15, 0.2) is 5.96 Å². The smallest absolute Gasteiger partial charge is 0.292 e. The predicted molar refractivity (Wildman–Crippen MR) is 126 cm³/mol. The summed E-state index contributed by atoms with van der Waals surface area (Å²) >= 11 is 0. The lowest BCUT2D eigenvalue weighted by Crippen LogP contribution is -2.40. The fourth-order valence-corrected chi connectivity index (χ4v) is 2.89. The molecule has 0 amide bonds. The average Bonchev–Trinajstić information content (AvgIpc) is 2.68. The molecule has 160 valence electrons. The van der Waals surface area contributed by atoms with Gasteiger partial charge in [0.25, 0.3) is 5.69 Å². The van der Waals surface area contributed by atoms with Crippen LogP contribution in [0.15, 0.2) is 29.3 Å². The number of nitrogens with one attached hydrogen (secondary N) is 3. The monoisotopic (exact) mass is 507 g/mol. The minimum absolute atomic E-state index is 0. The summed E-state index contributed by atoms with van der Waals surface area (Å²) in [6.07, 6.45) is 2.67. The molecule has 0 atom stereocenters. The summed E-state index contributed by atoms with van der Waals surface area (Å²) < 4.78 is 0. The fraction of sp³-hybridized carbons (Fsp3) is 0.632. The van der Waals surface area contributed by atoms with E-state index < -0.39 is 4.92 Å². The first-order chi connectivity index (χ1) is 13.0. The molecule has 1 rings (SSSR count). The van der Waals surface area contributed by atoms with Crippen LogP contribution in [0.2, 0.25) is 0 Å². The van der Waals surface area contributed by atoms with Gasteiger partial charge in [0, 0.05) is 38.9 Å². The van der Waals surface area contributed by atoms with Crippen LogP contribution < -0.4 is 16.0 Å². The van der Waals surface area contributed by atoms with Crippen molar-refractivity contribution in [1.82, 2.24) is 10.6 Å². The number of rotatable bonds is 12. The van der Waals surface area contributed by atoms with Crippen LogP contribution in [-0.2, 0) is 0 Å². The van der Waals surface area contributed by atoms with Crippen molar-refractivity contribution in [3.05, 3.63) is 34.4 Å². The maximum atomic E-state index is 11.0. The summed E-state index contributed by atoms with van der Waals surface area (Å²) in [6, 6.07) is 6.60. The SMILES string of the molecule is CCNC(=NCC(CC)(CC)CCO)NCCNc1ccccc1[N+](=O)[O-].I. The van der Waals surface area contributed by atoms with Crippen molar-refractivity contribution in [3.8, 4) is 0 Å². The van der Waals surface area contributed by atoms with Gasteiger partial charge in [-0.2, -0.15) is 0 Å². The topological polar surface area (TPSA) is 112 Å². The van der Waals surface area contributed by atoms with E-state index in [0.29, 0.717) is 31.3 Å². The van der Waals surface area contributed by atoms with Crippen LogP contribution in [0.1, 0.15) is 40.0 Å². The number of nitro groups is 1. The molecule has 1 aromatic carbocycles. The molecule has 0 saturated carbocycles. The highest BCUT2D eigenvalue weighted by molar-refractivity contribution is 14.0. The predicted octanol–water partition coefficient (Wildman–Crippen LogP) is 3.37. The molecule has 0 fully saturated rings. The van der Waals surface area contributed by atoms with E-state index in [0.717, 1.165) is 25.8 Å². The second kappa shape index (κ2) is 14.4. The second-order valence-electron chi connectivity index (χ2n) is 6.50. The van der Waals surface area contributed by atoms with Gasteiger partial charge in [-0.25, -0.2) is 0 Å². The van der Waals surface area contributed by atoms with Crippen molar-refractivity contribution >= 4 is 41.3 Å². The molecule has 1 aromatic rings. The number of halogens is 1. The van der Waals surface area contributed by atoms with E-state index in [2.05, 4.69) is 34.8 Å². The summed E-state index contributed by atoms with van der Waals surface area (Å²) in [5, 5.41) is 29.9. The van der Waals surface area contributed by atoms with Crippen molar-refractivity contribution in [2.24, 2.45) is 10.4 Å². The van der Waals surface area contributed by atoms with E-state index in [1.165, 1.54) is 6.07 Å². The van der Waals surface area contributed by atoms with Crippen LogP contribution in [0.25, 0.3) is 0 Å². The molecule has 0 heterocycles. The highest BCUT2D eigenvalue weighted by atomic mass is 127. The zero-order chi connectivity index (χ0) is 20.1. The lowest BCUT2D eigenvalue weighted by atomic mass is 9.79. The molecule has 28 heavy (non-hydrogen) atoms. The van der Waals surface area contributed by atoms with Crippen molar-refractivity contribution in [3.63, 3.8) is 0 Å². The Hall–Kier alpha value is -1.62. The van der Waals surface area contributed by atoms with Gasteiger partial charge in [0.1, 0.15) is 5.69 Å². The van der Waals surface area contributed by atoms with Gasteiger partial charge in [-0.15, -0.1) is 24.0 Å². The molecule has 0 aliphatic carbocycles. The van der Waals surface area contributed by atoms with Crippen LogP contribution >= 0.6 is 24.0 Å². The molecular formula is C19H34IN5O3. The second-order valence-corrected chi connectivity index (χ2v) is 6.50. The maximum Gasteiger partial charge on any atom is 0.292 e. The average molecular weight is 507 g/mol. The molecular weight excluding hydrogens is 473 g/mol. The molecule has 0 spiro atoms. The molecule has 0 bridgehead atoms. The Labute approximate surface area is 184 Å². The Morgan fingerprint density at radius 1 is 1.18 bits per heavy atom. The number of para-hydroxylation sites is 2. The van der Waals surface area contributed by atoms with E-state index in [1.807, 2.05) is 6.92 Å². The molecule has 0 unspecified atom stereocenters. The van der Waals surface area contributed by atoms with Gasteiger partial charge >= 0.3 is 0 Å². The third-order valence-electron chi connectivity index (χ3n) is 4.89. The molecule has 0 saturated heterocycles. The number of hydrogen-bond acceptors (Lipinski definition) is 5. The number of aliphatic hydroxyl groups is 1. The molecule has 0 radical (unpaired) electrons. The first-order valence-electron chi connectivity index (χ1n) is 9.62. The zero-order valence-electron chi connectivity index (χ0n) is 17.0. The third-order valence-corrected chi connectivity index (χ3v) is 4.89. The van der Waals surface area contributed by atoms with Crippen LogP contribution in [0.3, 0.4) is 0 Å². The van der Waals surface area contributed by atoms with Gasteiger partial charge in [-0.3, -0.25) is 15.1 Å². The highest BCUT2D eigenvalue weighted by Crippen LogP contribution is 2.30. The summed E-state index contributed by atoms with van der Waals surface area (Å²) in [5.74, 6) is 0.714. The van der Waals surface area contributed by atoms with Crippen molar-refractivity contribution in [2.75, 3.05) is 38.1 Å². The minimum atomic E-state index is -0.391. The van der Waals surface area contributed by atoms with Crippen LogP contribution in [-0.4, -0.2) is 48.8 Å². The first-order valence-corrected chi connectivity index (χ1v) is 9.62. The van der Waals surface area contributed by atoms with Crippen molar-refractivity contribution < 1.29 is 10.0 Å². The van der Waals surface area contributed by atoms with E-state index in [9.17, 15) is 15.2 Å². The van der Waals surface area contributed by atoms with Crippen molar-refractivity contribution in [2.45, 2.75) is 40.0 Å². The van der Waals surface area contributed by atoms with Gasteiger partial charge in [0.05, 0.1) is 4.92 Å². The molecule has 4 N–H and O–H groups in total. The maximum absolute atomic E-state index is 11.0. The number of benzene rings is 1. The van der Waals surface area contributed by atoms with Gasteiger partial charge in [-0.1, -0.05) is 26.0 Å². The van der Waals surface area contributed by atoms with Crippen LogP contribution in [0.4, 0.5) is 11.4 Å². The number of hydrogen-bond donors (Lipinski definition) is 4. The van der Waals surface area contributed by atoms with E-state index in [1.54, 1.807) is 18.2 Å². The van der Waals surface area contributed by atoms with E-state index in [-0.39, 0.29) is 41.7 Å². The number of aliphatic imine (C=N–C) groups is 1. The lowest BCUT2D eigenvalue weighted by Gasteiger charge is -2.29. The van der Waals surface area contributed by atoms with Gasteiger partial charge < -0.3 is 21.1 Å². The largest absolute Gasteiger partial charge is 0.396 e. The Balaban J connectivity index is 0.00000729. The summed E-state index contributed by atoms with van der Waals surface area (Å²) in [5.41, 5.74) is 0.586. The number of anilines is 1. The van der Waals surface area contributed by atoms with E-state index in [4.69, 9.17) is 0 Å². The fourth-order valence-electron chi connectivity index (χ4n) is 2.89.